The Morgan fingerprint density at radius 1 is 1.20 bits per heavy atom. The number of sulfone groups is 1. The summed E-state index contributed by atoms with van der Waals surface area (Å²) in [6.45, 7) is 0. The summed E-state index contributed by atoms with van der Waals surface area (Å²) < 4.78 is 28.3. The molecule has 1 saturated carbocycles. The number of nitrogens with one attached hydrogen (secondary N) is 1. The lowest BCUT2D eigenvalue weighted by molar-refractivity contribution is -0.154. The molecule has 2 atom stereocenters. The first-order valence-electron chi connectivity index (χ1n) is 8.30. The molecule has 0 bridgehead atoms. The molecular weight excluding hydrogens is 362 g/mol. The van der Waals surface area contributed by atoms with Crippen LogP contribution in [-0.2, 0) is 24.2 Å². The number of benzene rings is 1. The van der Waals surface area contributed by atoms with E-state index in [1.165, 1.54) is 11.8 Å². The Kier molecular flexibility index (Phi) is 5.68. The van der Waals surface area contributed by atoms with E-state index in [-0.39, 0.29) is 34.5 Å². The molecule has 136 valence electrons. The monoisotopic (exact) mass is 383 g/mol. The highest BCUT2D eigenvalue weighted by atomic mass is 32.2. The Bertz CT molecular complexity index is 731. The molecule has 2 aliphatic rings. The van der Waals surface area contributed by atoms with E-state index in [9.17, 15) is 18.0 Å². The quantitative estimate of drug-likeness (QED) is 0.717. The number of amides is 1. The normalized spacial score (nSPS) is 23.0. The molecule has 1 saturated heterocycles. The van der Waals surface area contributed by atoms with Gasteiger partial charge in [0.2, 0.25) is 6.10 Å². The fourth-order valence-corrected chi connectivity index (χ4v) is 6.07. The fourth-order valence-electron chi connectivity index (χ4n) is 2.65. The van der Waals surface area contributed by atoms with Gasteiger partial charge in [0.25, 0.3) is 5.91 Å². The second kappa shape index (κ2) is 7.78. The third-order valence-electron chi connectivity index (χ3n) is 4.14. The standard InChI is InChI=1S/C17H21NO5S2/c19-15(10-24-14-8-9-25(21,22)11-14)23-16(12-4-2-1-3-5-12)17(20)18-13-6-7-13/h1-5,13-14,16H,6-11H2,(H,18,20)/t14-,16-/m0/s1. The highest BCUT2D eigenvalue weighted by molar-refractivity contribution is 8.02. The topological polar surface area (TPSA) is 89.5 Å². The summed E-state index contributed by atoms with van der Waals surface area (Å²) in [6.07, 6.45) is 1.49. The van der Waals surface area contributed by atoms with Crippen LogP contribution in [0.15, 0.2) is 30.3 Å². The zero-order chi connectivity index (χ0) is 17.9. The summed E-state index contributed by atoms with van der Waals surface area (Å²) in [5, 5.41) is 2.79. The highest BCUT2D eigenvalue weighted by Crippen LogP contribution is 2.26. The number of ether oxygens (including phenoxy) is 1. The summed E-state index contributed by atoms with van der Waals surface area (Å²) in [4.78, 5) is 24.6. The first-order chi connectivity index (χ1) is 11.9. The maximum atomic E-state index is 12.4. The van der Waals surface area contributed by atoms with Crippen molar-refractivity contribution < 1.29 is 22.7 Å². The molecule has 25 heavy (non-hydrogen) atoms. The molecule has 8 heteroatoms. The minimum absolute atomic E-state index is 0.0419. The lowest BCUT2D eigenvalue weighted by atomic mass is 10.1. The van der Waals surface area contributed by atoms with E-state index in [2.05, 4.69) is 5.32 Å². The van der Waals surface area contributed by atoms with Crippen molar-refractivity contribution in [3.05, 3.63) is 35.9 Å². The predicted molar refractivity (Wildman–Crippen MR) is 96.0 cm³/mol. The van der Waals surface area contributed by atoms with Crippen LogP contribution in [0.2, 0.25) is 0 Å². The Hall–Kier alpha value is -1.54. The Balaban J connectivity index is 1.57. The molecule has 1 heterocycles. The summed E-state index contributed by atoms with van der Waals surface area (Å²) in [6, 6.07) is 9.09. The van der Waals surface area contributed by atoms with Crippen LogP contribution in [0, 0.1) is 0 Å². The maximum absolute atomic E-state index is 12.4. The smallest absolute Gasteiger partial charge is 0.317 e. The Morgan fingerprint density at radius 3 is 2.52 bits per heavy atom. The maximum Gasteiger partial charge on any atom is 0.317 e. The van der Waals surface area contributed by atoms with Gasteiger partial charge in [-0.1, -0.05) is 30.3 Å². The van der Waals surface area contributed by atoms with Gasteiger partial charge in [-0.05, 0) is 19.3 Å². The van der Waals surface area contributed by atoms with Crippen molar-refractivity contribution in [2.24, 2.45) is 0 Å². The first-order valence-corrected chi connectivity index (χ1v) is 11.2. The summed E-state index contributed by atoms with van der Waals surface area (Å²) in [5.41, 5.74) is 0.627. The minimum Gasteiger partial charge on any atom is -0.447 e. The molecule has 1 aromatic carbocycles. The molecule has 6 nitrogen and oxygen atoms in total. The number of thioether (sulfide) groups is 1. The molecule has 2 fully saturated rings. The van der Waals surface area contributed by atoms with Crippen LogP contribution in [-0.4, -0.2) is 48.8 Å². The van der Waals surface area contributed by atoms with E-state index in [0.29, 0.717) is 12.0 Å². The second-order valence-corrected chi connectivity index (χ2v) is 9.92. The summed E-state index contributed by atoms with van der Waals surface area (Å²) >= 11 is 1.28. The molecule has 1 aliphatic carbocycles. The highest BCUT2D eigenvalue weighted by Gasteiger charge is 2.32. The van der Waals surface area contributed by atoms with Crippen LogP contribution in [0.25, 0.3) is 0 Å². The second-order valence-electron chi connectivity index (χ2n) is 6.40. The average molecular weight is 383 g/mol. The van der Waals surface area contributed by atoms with Gasteiger partial charge in [0.1, 0.15) is 0 Å². The van der Waals surface area contributed by atoms with E-state index >= 15 is 0 Å². The van der Waals surface area contributed by atoms with Crippen LogP contribution in [0.1, 0.15) is 30.9 Å². The largest absolute Gasteiger partial charge is 0.447 e. The number of hydrogen-bond donors (Lipinski definition) is 1. The van der Waals surface area contributed by atoms with Gasteiger partial charge in [0.05, 0.1) is 17.3 Å². The molecule has 1 N–H and O–H groups in total. The molecule has 0 radical (unpaired) electrons. The van der Waals surface area contributed by atoms with E-state index in [4.69, 9.17) is 4.74 Å². The van der Waals surface area contributed by atoms with Gasteiger partial charge in [0, 0.05) is 16.9 Å². The average Bonchev–Trinajstić information content (AvgIpc) is 3.32. The van der Waals surface area contributed by atoms with Crippen LogP contribution in [0.3, 0.4) is 0 Å². The van der Waals surface area contributed by atoms with Crippen molar-refractivity contribution >= 4 is 33.5 Å². The van der Waals surface area contributed by atoms with Crippen molar-refractivity contribution in [3.63, 3.8) is 0 Å². The fraction of sp³-hybridized carbons (Fsp3) is 0.529. The number of carbonyl (C=O) groups is 2. The molecule has 1 aromatic rings. The zero-order valence-corrected chi connectivity index (χ0v) is 15.4. The van der Waals surface area contributed by atoms with Crippen molar-refractivity contribution in [2.45, 2.75) is 36.7 Å². The lowest BCUT2D eigenvalue weighted by Gasteiger charge is -2.18. The third kappa shape index (κ3) is 5.47. The number of rotatable bonds is 7. The van der Waals surface area contributed by atoms with E-state index in [0.717, 1.165) is 12.8 Å². The SMILES string of the molecule is O=C(CS[C@H]1CCS(=O)(=O)C1)O[C@H](C(=O)NC1CC1)c1ccccc1. The van der Waals surface area contributed by atoms with Crippen LogP contribution in [0.4, 0.5) is 0 Å². The molecule has 0 unspecified atom stereocenters. The van der Waals surface area contributed by atoms with Gasteiger partial charge in [-0.2, -0.15) is 0 Å². The molecule has 0 spiro atoms. The van der Waals surface area contributed by atoms with Crippen LogP contribution in [0.5, 0.6) is 0 Å². The molecule has 1 aliphatic heterocycles. The van der Waals surface area contributed by atoms with Gasteiger partial charge in [-0.15, -0.1) is 11.8 Å². The van der Waals surface area contributed by atoms with E-state index in [1.54, 1.807) is 24.3 Å². The predicted octanol–water partition coefficient (Wildman–Crippen LogP) is 1.47. The number of esters is 1. The first kappa shape index (κ1) is 18.3. The van der Waals surface area contributed by atoms with Gasteiger partial charge in [-0.25, -0.2) is 8.42 Å². The van der Waals surface area contributed by atoms with Gasteiger partial charge < -0.3 is 10.1 Å². The summed E-state index contributed by atoms with van der Waals surface area (Å²) in [5.74, 6) is -0.490. The van der Waals surface area contributed by atoms with Gasteiger partial charge in [0.15, 0.2) is 9.84 Å². The van der Waals surface area contributed by atoms with Crippen LogP contribution >= 0.6 is 11.8 Å². The zero-order valence-electron chi connectivity index (χ0n) is 13.7. The van der Waals surface area contributed by atoms with Crippen molar-refractivity contribution in [2.75, 3.05) is 17.3 Å². The van der Waals surface area contributed by atoms with Gasteiger partial charge in [-0.3, -0.25) is 9.59 Å². The van der Waals surface area contributed by atoms with E-state index < -0.39 is 21.9 Å². The van der Waals surface area contributed by atoms with E-state index in [1.807, 2.05) is 6.07 Å². The molecule has 1 amide bonds. The Labute approximate surface area is 151 Å². The lowest BCUT2D eigenvalue weighted by Crippen LogP contribution is -2.34. The minimum atomic E-state index is -2.97. The van der Waals surface area contributed by atoms with Crippen molar-refractivity contribution in [1.29, 1.82) is 0 Å². The van der Waals surface area contributed by atoms with Crippen LogP contribution < -0.4 is 5.32 Å². The van der Waals surface area contributed by atoms with Crippen molar-refractivity contribution in [1.82, 2.24) is 5.32 Å². The number of carbonyl (C=O) groups excluding carboxylic acids is 2. The van der Waals surface area contributed by atoms with Gasteiger partial charge >= 0.3 is 5.97 Å². The van der Waals surface area contributed by atoms with Crippen molar-refractivity contribution in [3.8, 4) is 0 Å². The third-order valence-corrected chi connectivity index (χ3v) is 7.40. The molecular formula is C17H21NO5S2. The molecule has 0 aromatic heterocycles. The molecule has 3 rings (SSSR count). The summed E-state index contributed by atoms with van der Waals surface area (Å²) in [7, 11) is -2.97. The number of hydrogen-bond acceptors (Lipinski definition) is 6. The Morgan fingerprint density at radius 2 is 1.92 bits per heavy atom.